The Kier molecular flexibility index (Phi) is 7.26. The Morgan fingerprint density at radius 1 is 1.22 bits per heavy atom. The molecule has 0 radical (unpaired) electrons. The summed E-state index contributed by atoms with van der Waals surface area (Å²) in [6, 6.07) is 8.52. The third kappa shape index (κ3) is 5.52. The molecule has 0 aliphatic heterocycles. The Hall–Kier alpha value is -3.66. The fourth-order valence-electron chi connectivity index (χ4n) is 2.59. The smallest absolute Gasteiger partial charge is 0.338 e. The molecule has 0 unspecified atom stereocenters. The maximum Gasteiger partial charge on any atom is 0.338 e. The minimum Gasteiger partial charge on any atom is -0.493 e. The first-order valence-electron chi connectivity index (χ1n) is 9.53. The molecule has 1 heterocycles. The van der Waals surface area contributed by atoms with Crippen LogP contribution >= 0.6 is 11.6 Å². The lowest BCUT2D eigenvalue weighted by Crippen LogP contribution is -2.09. The predicted octanol–water partition coefficient (Wildman–Crippen LogP) is 4.70. The average Bonchev–Trinajstić information content (AvgIpc) is 3.25. The van der Waals surface area contributed by atoms with Crippen molar-refractivity contribution in [2.45, 2.75) is 20.5 Å². The molecule has 0 N–H and O–H groups in total. The number of nitro benzene ring substituents is 1. The van der Waals surface area contributed by atoms with E-state index < -0.39 is 10.9 Å². The quantitative estimate of drug-likeness (QED) is 0.253. The van der Waals surface area contributed by atoms with Crippen LogP contribution in [0.3, 0.4) is 0 Å². The molecule has 32 heavy (non-hydrogen) atoms. The highest BCUT2D eigenvalue weighted by atomic mass is 35.5. The van der Waals surface area contributed by atoms with E-state index >= 15 is 0 Å². The van der Waals surface area contributed by atoms with Gasteiger partial charge in [0.25, 0.3) is 11.6 Å². The van der Waals surface area contributed by atoms with Crippen molar-refractivity contribution in [2.75, 3.05) is 13.7 Å². The van der Waals surface area contributed by atoms with Crippen LogP contribution in [0.5, 0.6) is 11.5 Å². The second-order valence-electron chi connectivity index (χ2n) is 7.08. The first kappa shape index (κ1) is 23.0. The lowest BCUT2D eigenvalue weighted by molar-refractivity contribution is -0.384. The number of methoxy groups -OCH3 is 1. The predicted molar refractivity (Wildman–Crippen MR) is 114 cm³/mol. The zero-order valence-corrected chi connectivity index (χ0v) is 18.3. The molecular weight excluding hydrogens is 442 g/mol. The lowest BCUT2D eigenvalue weighted by atomic mass is 10.2. The van der Waals surface area contributed by atoms with Crippen LogP contribution in [0.1, 0.15) is 30.1 Å². The van der Waals surface area contributed by atoms with Crippen molar-refractivity contribution in [1.82, 2.24) is 10.2 Å². The van der Waals surface area contributed by atoms with E-state index in [2.05, 4.69) is 10.2 Å². The van der Waals surface area contributed by atoms with Crippen LogP contribution in [0, 0.1) is 16.0 Å². The summed E-state index contributed by atoms with van der Waals surface area (Å²) in [5, 5.41) is 18.6. The second-order valence-corrected chi connectivity index (χ2v) is 7.48. The molecule has 0 saturated heterocycles. The summed E-state index contributed by atoms with van der Waals surface area (Å²) in [4.78, 5) is 22.7. The topological polar surface area (TPSA) is 127 Å². The second kappa shape index (κ2) is 10.1. The van der Waals surface area contributed by atoms with Gasteiger partial charge in [0.2, 0.25) is 5.89 Å². The largest absolute Gasteiger partial charge is 0.493 e. The molecule has 0 atom stereocenters. The SMILES string of the molecule is COc1cc(C(=O)OCc2nnc(-c3ccc([N+](=O)[O-])cc3)o2)cc(Cl)c1OCC(C)C. The zero-order valence-electron chi connectivity index (χ0n) is 17.5. The van der Waals surface area contributed by atoms with E-state index in [0.717, 1.165) is 0 Å². The maximum absolute atomic E-state index is 12.5. The molecule has 11 heteroatoms. The highest BCUT2D eigenvalue weighted by Crippen LogP contribution is 2.37. The summed E-state index contributed by atoms with van der Waals surface area (Å²) in [5.74, 6) is 0.470. The van der Waals surface area contributed by atoms with E-state index in [0.29, 0.717) is 23.7 Å². The van der Waals surface area contributed by atoms with Crippen LogP contribution in [-0.4, -0.2) is 34.8 Å². The maximum atomic E-state index is 12.5. The summed E-state index contributed by atoms with van der Waals surface area (Å²) < 4.78 is 21.6. The molecule has 2 aromatic carbocycles. The van der Waals surface area contributed by atoms with Crippen LogP contribution < -0.4 is 9.47 Å². The van der Waals surface area contributed by atoms with Gasteiger partial charge in [-0.3, -0.25) is 10.1 Å². The third-order valence-electron chi connectivity index (χ3n) is 4.14. The molecular formula is C21H20ClN3O7. The number of non-ortho nitro benzene ring substituents is 1. The van der Waals surface area contributed by atoms with Crippen molar-refractivity contribution in [2.24, 2.45) is 5.92 Å². The third-order valence-corrected chi connectivity index (χ3v) is 4.43. The van der Waals surface area contributed by atoms with Crippen LogP contribution in [0.25, 0.3) is 11.5 Å². The van der Waals surface area contributed by atoms with Crippen molar-refractivity contribution >= 4 is 23.3 Å². The van der Waals surface area contributed by atoms with Crippen molar-refractivity contribution < 1.29 is 28.3 Å². The number of hydrogen-bond acceptors (Lipinski definition) is 9. The van der Waals surface area contributed by atoms with Crippen molar-refractivity contribution in [1.29, 1.82) is 0 Å². The van der Waals surface area contributed by atoms with E-state index in [1.54, 1.807) is 0 Å². The molecule has 0 fully saturated rings. The van der Waals surface area contributed by atoms with E-state index in [-0.39, 0.29) is 40.6 Å². The standard InChI is InChI=1S/C21H20ClN3O7/c1-12(2)10-30-19-16(22)8-14(9-17(19)29-3)21(26)31-11-18-23-24-20(32-18)13-4-6-15(7-5-13)25(27)28/h4-9,12H,10-11H2,1-3H3. The molecule has 0 spiro atoms. The van der Waals surface area contributed by atoms with Gasteiger partial charge in [0.1, 0.15) is 0 Å². The normalized spacial score (nSPS) is 10.8. The number of aromatic nitrogens is 2. The summed E-state index contributed by atoms with van der Waals surface area (Å²) >= 11 is 6.26. The number of halogens is 1. The Labute approximate surface area is 188 Å². The minimum atomic E-state index is -0.671. The Morgan fingerprint density at radius 3 is 2.56 bits per heavy atom. The van der Waals surface area contributed by atoms with Gasteiger partial charge in [0.05, 0.1) is 29.2 Å². The van der Waals surface area contributed by atoms with E-state index in [1.807, 2.05) is 13.8 Å². The van der Waals surface area contributed by atoms with Gasteiger partial charge in [0.15, 0.2) is 18.1 Å². The van der Waals surface area contributed by atoms with Gasteiger partial charge in [-0.1, -0.05) is 25.4 Å². The first-order valence-corrected chi connectivity index (χ1v) is 9.91. The number of ether oxygens (including phenoxy) is 3. The van der Waals surface area contributed by atoms with Crippen LogP contribution in [0.15, 0.2) is 40.8 Å². The number of carbonyl (C=O) groups is 1. The Bertz CT molecular complexity index is 1110. The molecule has 10 nitrogen and oxygen atoms in total. The molecule has 1 aromatic heterocycles. The number of hydrogen-bond donors (Lipinski definition) is 0. The van der Waals surface area contributed by atoms with Gasteiger partial charge in [-0.2, -0.15) is 0 Å². The molecule has 0 saturated carbocycles. The van der Waals surface area contributed by atoms with Gasteiger partial charge in [0, 0.05) is 17.7 Å². The number of nitro groups is 1. The summed E-state index contributed by atoms with van der Waals surface area (Å²) in [6.45, 7) is 4.16. The molecule has 3 aromatic rings. The van der Waals surface area contributed by atoms with Crippen molar-refractivity contribution in [3.63, 3.8) is 0 Å². The van der Waals surface area contributed by atoms with Crippen molar-refractivity contribution in [3.8, 4) is 23.0 Å². The van der Waals surface area contributed by atoms with Gasteiger partial charge in [-0.25, -0.2) is 4.79 Å². The number of benzene rings is 2. The Morgan fingerprint density at radius 2 is 1.94 bits per heavy atom. The highest BCUT2D eigenvalue weighted by molar-refractivity contribution is 6.32. The number of rotatable bonds is 9. The molecule has 0 aliphatic carbocycles. The first-order chi connectivity index (χ1) is 15.3. The van der Waals surface area contributed by atoms with Gasteiger partial charge >= 0.3 is 5.97 Å². The van der Waals surface area contributed by atoms with E-state index in [4.69, 9.17) is 30.2 Å². The molecule has 0 aliphatic rings. The number of nitrogens with zero attached hydrogens (tertiary/aromatic N) is 3. The van der Waals surface area contributed by atoms with Gasteiger partial charge in [-0.05, 0) is 30.2 Å². The lowest BCUT2D eigenvalue weighted by Gasteiger charge is -2.15. The molecule has 168 valence electrons. The van der Waals surface area contributed by atoms with Gasteiger partial charge < -0.3 is 18.6 Å². The molecule has 0 amide bonds. The molecule has 3 rings (SSSR count). The van der Waals surface area contributed by atoms with E-state index in [9.17, 15) is 14.9 Å². The summed E-state index contributed by atoms with van der Waals surface area (Å²) in [5.41, 5.74) is 0.602. The number of esters is 1. The monoisotopic (exact) mass is 461 g/mol. The fraction of sp³-hybridized carbons (Fsp3) is 0.286. The van der Waals surface area contributed by atoms with Crippen LogP contribution in [0.2, 0.25) is 5.02 Å². The number of carbonyl (C=O) groups excluding carboxylic acids is 1. The van der Waals surface area contributed by atoms with Crippen molar-refractivity contribution in [3.05, 3.63) is 63.0 Å². The summed E-state index contributed by atoms with van der Waals surface area (Å²) in [6.07, 6.45) is 0. The minimum absolute atomic E-state index is 0.0571. The highest BCUT2D eigenvalue weighted by Gasteiger charge is 2.19. The van der Waals surface area contributed by atoms with Crippen LogP contribution in [0.4, 0.5) is 5.69 Å². The van der Waals surface area contributed by atoms with Gasteiger partial charge in [-0.15, -0.1) is 10.2 Å². The molecule has 0 bridgehead atoms. The average molecular weight is 462 g/mol. The summed E-state index contributed by atoms with van der Waals surface area (Å²) in [7, 11) is 1.45. The fourth-order valence-corrected chi connectivity index (χ4v) is 2.86. The Balaban J connectivity index is 1.67. The zero-order chi connectivity index (χ0) is 23.3. The van der Waals surface area contributed by atoms with Crippen LogP contribution in [-0.2, 0) is 11.3 Å². The van der Waals surface area contributed by atoms with E-state index in [1.165, 1.54) is 43.5 Å².